The van der Waals surface area contributed by atoms with Crippen LogP contribution in [0.25, 0.3) is 0 Å². The first-order valence-corrected chi connectivity index (χ1v) is 6.35. The predicted octanol–water partition coefficient (Wildman–Crippen LogP) is -0.101. The van der Waals surface area contributed by atoms with Gasteiger partial charge in [-0.3, -0.25) is 0 Å². The van der Waals surface area contributed by atoms with E-state index in [1.54, 1.807) is 0 Å². The fraction of sp³-hybridized carbons (Fsp3) is 1.00. The SMILES string of the molecule is NCCCNCCCC(S)NCCCN. The molecule has 0 saturated carbocycles. The van der Waals surface area contributed by atoms with Gasteiger partial charge in [-0.1, -0.05) is 0 Å². The summed E-state index contributed by atoms with van der Waals surface area (Å²) in [5.74, 6) is 0. The van der Waals surface area contributed by atoms with Gasteiger partial charge in [-0.15, -0.1) is 0 Å². The first kappa shape index (κ1) is 15.2. The molecule has 15 heavy (non-hydrogen) atoms. The van der Waals surface area contributed by atoms with Gasteiger partial charge < -0.3 is 22.1 Å². The van der Waals surface area contributed by atoms with Crippen LogP contribution in [0.1, 0.15) is 25.7 Å². The Morgan fingerprint density at radius 3 is 2.20 bits per heavy atom. The summed E-state index contributed by atoms with van der Waals surface area (Å²) in [7, 11) is 0. The first-order valence-electron chi connectivity index (χ1n) is 5.83. The lowest BCUT2D eigenvalue weighted by Gasteiger charge is -2.12. The highest BCUT2D eigenvalue weighted by atomic mass is 32.1. The van der Waals surface area contributed by atoms with Gasteiger partial charge in [0.05, 0.1) is 5.37 Å². The number of rotatable bonds is 11. The second-order valence-electron chi connectivity index (χ2n) is 3.65. The van der Waals surface area contributed by atoms with Crippen molar-refractivity contribution in [2.24, 2.45) is 11.5 Å². The molecule has 92 valence electrons. The Bertz CT molecular complexity index is 124. The van der Waals surface area contributed by atoms with Crippen molar-refractivity contribution in [3.63, 3.8) is 0 Å². The molecule has 5 heteroatoms. The molecule has 0 radical (unpaired) electrons. The van der Waals surface area contributed by atoms with Crippen molar-refractivity contribution in [1.82, 2.24) is 10.6 Å². The van der Waals surface area contributed by atoms with E-state index in [9.17, 15) is 0 Å². The molecule has 0 heterocycles. The standard InChI is InChI=1S/C10H26N4S/c11-5-2-8-13-7-1-4-10(15)14-9-3-6-12/h10,13-15H,1-9,11-12H2. The third kappa shape index (κ3) is 12.1. The molecule has 0 aromatic heterocycles. The van der Waals surface area contributed by atoms with Gasteiger partial charge in [-0.2, -0.15) is 12.6 Å². The fourth-order valence-corrected chi connectivity index (χ4v) is 1.56. The molecule has 0 spiro atoms. The van der Waals surface area contributed by atoms with Crippen LogP contribution < -0.4 is 22.1 Å². The maximum atomic E-state index is 5.40. The van der Waals surface area contributed by atoms with Crippen LogP contribution in [0.2, 0.25) is 0 Å². The van der Waals surface area contributed by atoms with Gasteiger partial charge in [0.1, 0.15) is 0 Å². The molecule has 0 aliphatic heterocycles. The highest BCUT2D eigenvalue weighted by Crippen LogP contribution is 2.00. The van der Waals surface area contributed by atoms with Crippen molar-refractivity contribution >= 4 is 12.6 Å². The molecule has 0 aliphatic rings. The lowest BCUT2D eigenvalue weighted by molar-refractivity contribution is 0.549. The van der Waals surface area contributed by atoms with Gasteiger partial charge in [0.15, 0.2) is 0 Å². The molecule has 0 aromatic rings. The lowest BCUT2D eigenvalue weighted by Crippen LogP contribution is -2.27. The topological polar surface area (TPSA) is 76.1 Å². The Kier molecular flexibility index (Phi) is 12.4. The van der Waals surface area contributed by atoms with Crippen LogP contribution in [0.5, 0.6) is 0 Å². The quantitative estimate of drug-likeness (QED) is 0.197. The van der Waals surface area contributed by atoms with Gasteiger partial charge in [0, 0.05) is 0 Å². The average Bonchev–Trinajstić information content (AvgIpc) is 2.23. The molecule has 6 N–H and O–H groups in total. The van der Waals surface area contributed by atoms with Crippen molar-refractivity contribution in [1.29, 1.82) is 0 Å². The molecule has 0 aromatic carbocycles. The highest BCUT2D eigenvalue weighted by Gasteiger charge is 2.00. The van der Waals surface area contributed by atoms with Crippen molar-refractivity contribution in [3.8, 4) is 0 Å². The van der Waals surface area contributed by atoms with Crippen molar-refractivity contribution in [2.75, 3.05) is 32.7 Å². The number of nitrogens with two attached hydrogens (primary N) is 2. The van der Waals surface area contributed by atoms with Gasteiger partial charge in [0.2, 0.25) is 0 Å². The molecule has 4 nitrogen and oxygen atoms in total. The Labute approximate surface area is 99.0 Å². The molecule has 0 aliphatic carbocycles. The predicted molar refractivity (Wildman–Crippen MR) is 70.2 cm³/mol. The summed E-state index contributed by atoms with van der Waals surface area (Å²) in [5.41, 5.74) is 10.8. The maximum Gasteiger partial charge on any atom is 0.0502 e. The van der Waals surface area contributed by atoms with E-state index >= 15 is 0 Å². The Balaban J connectivity index is 3.06. The minimum Gasteiger partial charge on any atom is -0.330 e. The van der Waals surface area contributed by atoms with Gasteiger partial charge in [0.25, 0.3) is 0 Å². The van der Waals surface area contributed by atoms with E-state index in [1.165, 1.54) is 0 Å². The summed E-state index contributed by atoms with van der Waals surface area (Å²) < 4.78 is 0. The van der Waals surface area contributed by atoms with E-state index < -0.39 is 0 Å². The number of hydrogen-bond acceptors (Lipinski definition) is 5. The molecule has 0 amide bonds. The molecular weight excluding hydrogens is 208 g/mol. The van der Waals surface area contributed by atoms with Crippen LogP contribution in [0.15, 0.2) is 0 Å². The highest BCUT2D eigenvalue weighted by molar-refractivity contribution is 7.80. The maximum absolute atomic E-state index is 5.40. The minimum atomic E-state index is 0.299. The average molecular weight is 234 g/mol. The third-order valence-corrected chi connectivity index (χ3v) is 2.59. The summed E-state index contributed by atoms with van der Waals surface area (Å²) in [6.45, 7) is 4.55. The van der Waals surface area contributed by atoms with Crippen LogP contribution in [0.3, 0.4) is 0 Å². The molecule has 1 unspecified atom stereocenters. The first-order chi connectivity index (χ1) is 7.31. The summed E-state index contributed by atoms with van der Waals surface area (Å²) in [4.78, 5) is 0. The van der Waals surface area contributed by atoms with E-state index in [4.69, 9.17) is 11.5 Å². The van der Waals surface area contributed by atoms with E-state index in [-0.39, 0.29) is 0 Å². The van der Waals surface area contributed by atoms with Crippen LogP contribution in [0, 0.1) is 0 Å². The van der Waals surface area contributed by atoms with Gasteiger partial charge in [-0.05, 0) is 58.4 Å². The monoisotopic (exact) mass is 234 g/mol. The number of thiol groups is 1. The Hall–Kier alpha value is 0.190. The molecule has 0 fully saturated rings. The van der Waals surface area contributed by atoms with E-state index in [0.717, 1.165) is 58.4 Å². The number of hydrogen-bond donors (Lipinski definition) is 5. The molecular formula is C10H26N4S. The zero-order valence-electron chi connectivity index (χ0n) is 9.54. The smallest absolute Gasteiger partial charge is 0.0502 e. The summed E-state index contributed by atoms with van der Waals surface area (Å²) in [6, 6.07) is 0. The van der Waals surface area contributed by atoms with E-state index in [0.29, 0.717) is 5.37 Å². The fourth-order valence-electron chi connectivity index (χ4n) is 1.25. The summed E-state index contributed by atoms with van der Waals surface area (Å²) >= 11 is 4.45. The normalized spacial score (nSPS) is 13.0. The Morgan fingerprint density at radius 1 is 0.933 bits per heavy atom. The lowest BCUT2D eigenvalue weighted by atomic mass is 10.3. The van der Waals surface area contributed by atoms with Gasteiger partial charge >= 0.3 is 0 Å². The van der Waals surface area contributed by atoms with Gasteiger partial charge in [-0.25, -0.2) is 0 Å². The third-order valence-electron chi connectivity index (χ3n) is 2.15. The van der Waals surface area contributed by atoms with Crippen molar-refractivity contribution in [2.45, 2.75) is 31.1 Å². The van der Waals surface area contributed by atoms with Crippen LogP contribution in [-0.4, -0.2) is 38.1 Å². The Morgan fingerprint density at radius 2 is 1.53 bits per heavy atom. The van der Waals surface area contributed by atoms with Crippen LogP contribution in [-0.2, 0) is 0 Å². The summed E-state index contributed by atoms with van der Waals surface area (Å²) in [6.07, 6.45) is 4.31. The second-order valence-corrected chi connectivity index (χ2v) is 4.27. The van der Waals surface area contributed by atoms with E-state index in [2.05, 4.69) is 23.3 Å². The largest absolute Gasteiger partial charge is 0.330 e. The van der Waals surface area contributed by atoms with E-state index in [1.807, 2.05) is 0 Å². The number of nitrogens with one attached hydrogen (secondary N) is 2. The molecule has 0 rings (SSSR count). The molecule has 0 saturated heterocycles. The zero-order valence-corrected chi connectivity index (χ0v) is 10.4. The molecule has 1 atom stereocenters. The van der Waals surface area contributed by atoms with Crippen molar-refractivity contribution in [3.05, 3.63) is 0 Å². The van der Waals surface area contributed by atoms with Crippen molar-refractivity contribution < 1.29 is 0 Å². The second kappa shape index (κ2) is 12.3. The van der Waals surface area contributed by atoms with Crippen LogP contribution in [0.4, 0.5) is 0 Å². The minimum absolute atomic E-state index is 0.299. The zero-order chi connectivity index (χ0) is 11.4. The van der Waals surface area contributed by atoms with Crippen LogP contribution >= 0.6 is 12.6 Å². The molecule has 0 bridgehead atoms. The summed E-state index contributed by atoms with van der Waals surface area (Å²) in [5, 5.41) is 6.97.